The van der Waals surface area contributed by atoms with Gasteiger partial charge in [-0.05, 0) is 34.2 Å². The highest BCUT2D eigenvalue weighted by molar-refractivity contribution is 6.35. The summed E-state index contributed by atoms with van der Waals surface area (Å²) >= 11 is 12.4. The Kier molecular flexibility index (Phi) is 3.77. The van der Waals surface area contributed by atoms with Crippen molar-refractivity contribution < 1.29 is 0 Å². The van der Waals surface area contributed by atoms with Gasteiger partial charge >= 0.3 is 0 Å². The van der Waals surface area contributed by atoms with E-state index < -0.39 is 0 Å². The van der Waals surface area contributed by atoms with Gasteiger partial charge in [0.15, 0.2) is 5.82 Å². The Balaban J connectivity index is 2.02. The molecular formula is C14H11Cl2N5. The number of anilines is 1. The quantitative estimate of drug-likeness (QED) is 0.752. The van der Waals surface area contributed by atoms with E-state index in [1.165, 1.54) is 0 Å². The minimum absolute atomic E-state index is 0.438. The Morgan fingerprint density at radius 3 is 2.67 bits per heavy atom. The Bertz CT molecular complexity index is 785. The van der Waals surface area contributed by atoms with E-state index in [1.807, 2.05) is 36.4 Å². The number of hydrogen-bond acceptors (Lipinski definition) is 4. The van der Waals surface area contributed by atoms with Crippen LogP contribution in [0.25, 0.3) is 11.4 Å². The maximum atomic E-state index is 6.23. The molecule has 0 atom stereocenters. The molecule has 0 saturated carbocycles. The molecule has 2 N–H and O–H groups in total. The molecule has 0 unspecified atom stereocenters. The molecule has 3 rings (SSSR count). The fourth-order valence-corrected chi connectivity index (χ4v) is 2.42. The second kappa shape index (κ2) is 5.71. The number of aromatic nitrogens is 4. The summed E-state index contributed by atoms with van der Waals surface area (Å²) in [5, 5.41) is 12.8. The van der Waals surface area contributed by atoms with E-state index in [0.29, 0.717) is 33.7 Å². The van der Waals surface area contributed by atoms with Crippen LogP contribution in [-0.2, 0) is 6.54 Å². The lowest BCUT2D eigenvalue weighted by Gasteiger charge is -2.08. The fraction of sp³-hybridized carbons (Fsp3) is 0.0714. The van der Waals surface area contributed by atoms with Gasteiger partial charge in [0.1, 0.15) is 0 Å². The van der Waals surface area contributed by atoms with Crippen molar-refractivity contribution >= 4 is 28.9 Å². The van der Waals surface area contributed by atoms with Crippen LogP contribution in [0.4, 0.5) is 5.69 Å². The van der Waals surface area contributed by atoms with E-state index in [1.54, 1.807) is 10.7 Å². The molecule has 21 heavy (non-hydrogen) atoms. The van der Waals surface area contributed by atoms with E-state index in [-0.39, 0.29) is 0 Å². The minimum atomic E-state index is 0.438. The lowest BCUT2D eigenvalue weighted by atomic mass is 10.1. The van der Waals surface area contributed by atoms with Crippen LogP contribution in [-0.4, -0.2) is 20.2 Å². The van der Waals surface area contributed by atoms with Gasteiger partial charge in [-0.3, -0.25) is 0 Å². The van der Waals surface area contributed by atoms with Gasteiger partial charge in [-0.1, -0.05) is 47.5 Å². The van der Waals surface area contributed by atoms with Gasteiger partial charge in [0.25, 0.3) is 0 Å². The van der Waals surface area contributed by atoms with Gasteiger partial charge in [-0.2, -0.15) is 0 Å². The summed E-state index contributed by atoms with van der Waals surface area (Å²) in [6.07, 6.45) is 0. The Morgan fingerprint density at radius 2 is 1.86 bits per heavy atom. The molecule has 0 aliphatic rings. The number of benzene rings is 2. The summed E-state index contributed by atoms with van der Waals surface area (Å²) < 4.78 is 1.64. The predicted molar refractivity (Wildman–Crippen MR) is 83.2 cm³/mol. The molecule has 1 heterocycles. The fourth-order valence-electron chi connectivity index (χ4n) is 2.01. The molecule has 106 valence electrons. The Hall–Kier alpha value is -2.11. The van der Waals surface area contributed by atoms with E-state index in [0.717, 1.165) is 5.56 Å². The first-order valence-electron chi connectivity index (χ1n) is 6.21. The van der Waals surface area contributed by atoms with E-state index >= 15 is 0 Å². The average Bonchev–Trinajstić information content (AvgIpc) is 2.92. The molecule has 0 bridgehead atoms. The second-order valence-electron chi connectivity index (χ2n) is 4.46. The van der Waals surface area contributed by atoms with Gasteiger partial charge < -0.3 is 5.73 Å². The first-order valence-corrected chi connectivity index (χ1v) is 6.96. The van der Waals surface area contributed by atoms with Crippen LogP contribution in [0.15, 0.2) is 42.5 Å². The Morgan fingerprint density at radius 1 is 1.05 bits per heavy atom. The molecule has 0 radical (unpaired) electrons. The smallest absolute Gasteiger partial charge is 0.183 e. The van der Waals surface area contributed by atoms with Gasteiger partial charge in [-0.25, -0.2) is 4.68 Å². The molecule has 2 aromatic carbocycles. The molecule has 0 aliphatic heterocycles. The number of hydrogen-bond donors (Lipinski definition) is 1. The van der Waals surface area contributed by atoms with Crippen LogP contribution in [0, 0.1) is 0 Å². The summed E-state index contributed by atoms with van der Waals surface area (Å²) in [6.45, 7) is 0.452. The second-order valence-corrected chi connectivity index (χ2v) is 5.25. The predicted octanol–water partition coefficient (Wildman–Crippen LogP) is 3.28. The highest BCUT2D eigenvalue weighted by Crippen LogP contribution is 2.31. The van der Waals surface area contributed by atoms with Crippen molar-refractivity contribution in [1.82, 2.24) is 20.2 Å². The van der Waals surface area contributed by atoms with E-state index in [4.69, 9.17) is 28.9 Å². The topological polar surface area (TPSA) is 69.6 Å². The molecule has 0 saturated heterocycles. The summed E-state index contributed by atoms with van der Waals surface area (Å²) in [7, 11) is 0. The normalized spacial score (nSPS) is 10.8. The van der Waals surface area contributed by atoms with Crippen molar-refractivity contribution in [3.8, 4) is 11.4 Å². The molecule has 7 heteroatoms. The monoisotopic (exact) mass is 319 g/mol. The molecule has 0 spiro atoms. The number of nitrogen functional groups attached to an aromatic ring is 1. The molecule has 1 aromatic heterocycles. The highest BCUT2D eigenvalue weighted by atomic mass is 35.5. The molecular weight excluding hydrogens is 309 g/mol. The zero-order chi connectivity index (χ0) is 14.8. The van der Waals surface area contributed by atoms with Crippen LogP contribution >= 0.6 is 23.2 Å². The molecule has 5 nitrogen and oxygen atoms in total. The zero-order valence-electron chi connectivity index (χ0n) is 10.9. The summed E-state index contributed by atoms with van der Waals surface area (Å²) in [6, 6.07) is 12.9. The molecule has 0 aliphatic carbocycles. The molecule has 0 fully saturated rings. The third-order valence-corrected chi connectivity index (χ3v) is 3.87. The van der Waals surface area contributed by atoms with Gasteiger partial charge in [0.05, 0.1) is 17.3 Å². The molecule has 3 aromatic rings. The largest absolute Gasteiger partial charge is 0.398 e. The Labute approximate surface area is 131 Å². The van der Waals surface area contributed by atoms with Gasteiger partial charge in [0.2, 0.25) is 0 Å². The van der Waals surface area contributed by atoms with Crippen molar-refractivity contribution in [2.45, 2.75) is 6.54 Å². The number of nitrogens with two attached hydrogens (primary N) is 1. The first kappa shape index (κ1) is 13.9. The first-order chi connectivity index (χ1) is 10.2. The van der Waals surface area contributed by atoms with Crippen molar-refractivity contribution in [2.24, 2.45) is 0 Å². The van der Waals surface area contributed by atoms with E-state index in [2.05, 4.69) is 15.5 Å². The number of halogens is 2. The summed E-state index contributed by atoms with van der Waals surface area (Å²) in [4.78, 5) is 0. The number of rotatable bonds is 3. The standard InChI is InChI=1S/C14H11Cl2N5/c15-11-6-2-1-4-9(11)8-21-14(18-19-20-21)10-5-3-7-12(17)13(10)16/h1-7H,8,17H2. The average molecular weight is 320 g/mol. The maximum Gasteiger partial charge on any atom is 0.183 e. The van der Waals surface area contributed by atoms with Crippen LogP contribution in [0.5, 0.6) is 0 Å². The van der Waals surface area contributed by atoms with Crippen molar-refractivity contribution in [3.05, 3.63) is 58.1 Å². The minimum Gasteiger partial charge on any atom is -0.398 e. The maximum absolute atomic E-state index is 6.23. The molecule has 0 amide bonds. The van der Waals surface area contributed by atoms with Crippen molar-refractivity contribution in [2.75, 3.05) is 5.73 Å². The number of tetrazole rings is 1. The highest BCUT2D eigenvalue weighted by Gasteiger charge is 2.14. The van der Waals surface area contributed by atoms with Gasteiger partial charge in [-0.15, -0.1) is 5.10 Å². The lowest BCUT2D eigenvalue weighted by Crippen LogP contribution is -2.05. The summed E-state index contributed by atoms with van der Waals surface area (Å²) in [5.41, 5.74) is 7.92. The van der Waals surface area contributed by atoms with Crippen LogP contribution in [0.2, 0.25) is 10.0 Å². The van der Waals surface area contributed by atoms with Crippen LogP contribution in [0.3, 0.4) is 0 Å². The third-order valence-electron chi connectivity index (χ3n) is 3.08. The van der Waals surface area contributed by atoms with Crippen molar-refractivity contribution in [1.29, 1.82) is 0 Å². The van der Waals surface area contributed by atoms with E-state index in [9.17, 15) is 0 Å². The lowest BCUT2D eigenvalue weighted by molar-refractivity contribution is 0.653. The zero-order valence-corrected chi connectivity index (χ0v) is 12.4. The SMILES string of the molecule is Nc1cccc(-c2nnnn2Cc2ccccc2Cl)c1Cl. The number of nitrogens with zero attached hydrogens (tertiary/aromatic N) is 4. The van der Waals surface area contributed by atoms with Crippen molar-refractivity contribution in [3.63, 3.8) is 0 Å². The van der Waals surface area contributed by atoms with Crippen LogP contribution in [0.1, 0.15) is 5.56 Å². The third kappa shape index (κ3) is 2.70. The van der Waals surface area contributed by atoms with Crippen LogP contribution < -0.4 is 5.73 Å². The summed E-state index contributed by atoms with van der Waals surface area (Å²) in [5.74, 6) is 0.548. The van der Waals surface area contributed by atoms with Gasteiger partial charge in [0, 0.05) is 10.6 Å².